The molecule has 228 valence electrons. The van der Waals surface area contributed by atoms with Crippen molar-refractivity contribution in [2.75, 3.05) is 13.2 Å². The van der Waals surface area contributed by atoms with Gasteiger partial charge in [0.1, 0.15) is 24.4 Å². The highest BCUT2D eigenvalue weighted by Crippen LogP contribution is 2.67. The fourth-order valence-electron chi connectivity index (χ4n) is 10.8. The van der Waals surface area contributed by atoms with E-state index in [4.69, 9.17) is 9.47 Å². The van der Waals surface area contributed by atoms with Gasteiger partial charge in [0.05, 0.1) is 12.7 Å². The average Bonchev–Trinajstić information content (AvgIpc) is 3.30. The maximum Gasteiger partial charge on any atom is 0.186 e. The lowest BCUT2D eigenvalue weighted by Crippen LogP contribution is -2.60. The van der Waals surface area contributed by atoms with E-state index in [1.807, 2.05) is 0 Å². The summed E-state index contributed by atoms with van der Waals surface area (Å²) in [6.45, 7) is 10.8. The maximum absolute atomic E-state index is 10.5. The Balaban J connectivity index is 1.13. The Morgan fingerprint density at radius 2 is 1.80 bits per heavy atom. The van der Waals surface area contributed by atoms with E-state index in [1.165, 1.54) is 57.1 Å². The summed E-state index contributed by atoms with van der Waals surface area (Å²) in [5.41, 5.74) is 2.15. The molecule has 15 atom stereocenters. The summed E-state index contributed by atoms with van der Waals surface area (Å²) in [7, 11) is 0. The highest BCUT2D eigenvalue weighted by Gasteiger charge is 2.60. The van der Waals surface area contributed by atoms with Crippen LogP contribution in [-0.4, -0.2) is 76.4 Å². The number of piperidine rings is 1. The van der Waals surface area contributed by atoms with Crippen LogP contribution in [0.25, 0.3) is 0 Å². The van der Waals surface area contributed by atoms with E-state index in [0.717, 1.165) is 54.8 Å². The fraction of sp³-hybridized carbons (Fsp3) is 0.939. The Kier molecular flexibility index (Phi) is 8.26. The Bertz CT molecular complexity index is 934. The van der Waals surface area contributed by atoms with Gasteiger partial charge in [0.25, 0.3) is 0 Å². The molecule has 0 radical (unpaired) electrons. The van der Waals surface area contributed by atoms with Gasteiger partial charge in [-0.3, -0.25) is 0 Å². The molecule has 0 aromatic carbocycles. The molecule has 4 aliphatic carbocycles. The van der Waals surface area contributed by atoms with E-state index >= 15 is 0 Å². The summed E-state index contributed by atoms with van der Waals surface area (Å²) in [6.07, 6.45) is 8.47. The smallest absolute Gasteiger partial charge is 0.186 e. The van der Waals surface area contributed by atoms with E-state index in [9.17, 15) is 20.4 Å². The van der Waals surface area contributed by atoms with Crippen LogP contribution >= 0.6 is 0 Å². The summed E-state index contributed by atoms with van der Waals surface area (Å²) in [4.78, 5) is 0. The topological polar surface area (TPSA) is 111 Å². The summed E-state index contributed by atoms with van der Waals surface area (Å²) in [5, 5.41) is 44.3. The number of hydrogen-bond acceptors (Lipinski definition) is 7. The van der Waals surface area contributed by atoms with E-state index < -0.39 is 37.3 Å². The standard InChI is InChI=1S/C33H55NO6/c1-18-5-10-26(34-16-18)19(2)23-8-9-24-22-7-6-20-15-21(11-13-32(20,3)25(22)12-14-33(23,24)4)39-31-30(38)29(37)28(36)27(17-35)40-31/h6,18-19,21-31,34-38H,5,7-17H2,1-4H3/t18-,19-,21-,22-,23-,24-,25+,26+,27-,28-,29+,30-,31-,32-,33-/m0/s1. The van der Waals surface area contributed by atoms with Gasteiger partial charge in [-0.15, -0.1) is 0 Å². The first-order chi connectivity index (χ1) is 19.1. The maximum atomic E-state index is 10.5. The van der Waals surface area contributed by atoms with Crippen molar-refractivity contribution in [2.24, 2.45) is 46.3 Å². The zero-order valence-corrected chi connectivity index (χ0v) is 25.2. The predicted octanol–water partition coefficient (Wildman–Crippen LogP) is 3.77. The molecule has 2 heterocycles. The largest absolute Gasteiger partial charge is 0.394 e. The third kappa shape index (κ3) is 4.84. The van der Waals surface area contributed by atoms with Gasteiger partial charge in [-0.05, 0) is 117 Å². The third-order valence-electron chi connectivity index (χ3n) is 13.3. The third-order valence-corrected chi connectivity index (χ3v) is 13.3. The molecule has 6 rings (SSSR count). The highest BCUT2D eigenvalue weighted by molar-refractivity contribution is 5.25. The molecule has 6 aliphatic rings. The highest BCUT2D eigenvalue weighted by atomic mass is 16.7. The first kappa shape index (κ1) is 29.5. The van der Waals surface area contributed by atoms with Gasteiger partial charge in [-0.1, -0.05) is 39.3 Å². The average molecular weight is 562 g/mol. The van der Waals surface area contributed by atoms with Crippen LogP contribution in [0.3, 0.4) is 0 Å². The Hall–Kier alpha value is -0.540. The van der Waals surface area contributed by atoms with Crippen LogP contribution in [0.2, 0.25) is 0 Å². The number of rotatable bonds is 5. The van der Waals surface area contributed by atoms with Gasteiger partial charge in [0.2, 0.25) is 0 Å². The number of nitrogens with one attached hydrogen (secondary N) is 1. The van der Waals surface area contributed by atoms with Gasteiger partial charge in [0, 0.05) is 6.04 Å². The zero-order chi connectivity index (χ0) is 28.4. The molecule has 7 nitrogen and oxygen atoms in total. The summed E-state index contributed by atoms with van der Waals surface area (Å²) < 4.78 is 11.9. The van der Waals surface area contributed by atoms with Crippen LogP contribution in [0.5, 0.6) is 0 Å². The van der Waals surface area contributed by atoms with E-state index in [1.54, 1.807) is 0 Å². The molecule has 2 saturated heterocycles. The van der Waals surface area contributed by atoms with Crippen LogP contribution in [0, 0.1) is 46.3 Å². The molecule has 5 fully saturated rings. The van der Waals surface area contributed by atoms with Crippen molar-refractivity contribution in [2.45, 2.75) is 135 Å². The molecule has 0 unspecified atom stereocenters. The van der Waals surface area contributed by atoms with E-state index in [0.29, 0.717) is 11.5 Å². The van der Waals surface area contributed by atoms with Gasteiger partial charge in [0.15, 0.2) is 6.29 Å². The Morgan fingerprint density at radius 1 is 1.00 bits per heavy atom. The van der Waals surface area contributed by atoms with Crippen LogP contribution in [0.1, 0.15) is 91.9 Å². The van der Waals surface area contributed by atoms with Crippen LogP contribution in [0.4, 0.5) is 0 Å². The van der Waals surface area contributed by atoms with Gasteiger partial charge in [-0.25, -0.2) is 0 Å². The second kappa shape index (κ2) is 11.2. The van der Waals surface area contributed by atoms with Crippen molar-refractivity contribution >= 4 is 0 Å². The van der Waals surface area contributed by atoms with Gasteiger partial charge < -0.3 is 35.2 Å². The lowest BCUT2D eigenvalue weighted by atomic mass is 9.47. The zero-order valence-electron chi connectivity index (χ0n) is 25.2. The first-order valence-corrected chi connectivity index (χ1v) is 16.5. The summed E-state index contributed by atoms with van der Waals surface area (Å²) in [5.74, 6) is 4.70. The lowest BCUT2D eigenvalue weighted by molar-refractivity contribution is -0.313. The van der Waals surface area contributed by atoms with Crippen LogP contribution in [-0.2, 0) is 9.47 Å². The van der Waals surface area contributed by atoms with Crippen molar-refractivity contribution in [1.29, 1.82) is 0 Å². The van der Waals surface area contributed by atoms with Crippen molar-refractivity contribution in [3.05, 3.63) is 11.6 Å². The fourth-order valence-corrected chi connectivity index (χ4v) is 10.8. The molecule has 0 aromatic heterocycles. The quantitative estimate of drug-likeness (QED) is 0.325. The lowest BCUT2D eigenvalue weighted by Gasteiger charge is -2.59. The molecule has 0 aromatic rings. The number of aliphatic hydroxyl groups excluding tert-OH is 4. The number of allylic oxidation sites excluding steroid dienone is 1. The minimum Gasteiger partial charge on any atom is -0.394 e. The van der Waals surface area contributed by atoms with Crippen molar-refractivity contribution < 1.29 is 29.9 Å². The molecular formula is C33H55NO6. The van der Waals surface area contributed by atoms with E-state index in [-0.39, 0.29) is 11.5 Å². The number of aliphatic hydroxyl groups is 4. The van der Waals surface area contributed by atoms with Crippen molar-refractivity contribution in [3.63, 3.8) is 0 Å². The Labute approximate surface area is 241 Å². The molecule has 5 N–H and O–H groups in total. The predicted molar refractivity (Wildman–Crippen MR) is 153 cm³/mol. The van der Waals surface area contributed by atoms with Crippen LogP contribution < -0.4 is 5.32 Å². The molecular weight excluding hydrogens is 506 g/mol. The monoisotopic (exact) mass is 561 g/mol. The molecule has 7 heteroatoms. The number of fused-ring (bicyclic) bond motifs is 5. The van der Waals surface area contributed by atoms with E-state index in [2.05, 4.69) is 39.1 Å². The second-order valence-corrected chi connectivity index (χ2v) is 15.2. The van der Waals surface area contributed by atoms with Crippen molar-refractivity contribution in [3.8, 4) is 0 Å². The Morgan fingerprint density at radius 3 is 2.52 bits per heavy atom. The van der Waals surface area contributed by atoms with Gasteiger partial charge >= 0.3 is 0 Å². The SMILES string of the molecule is C[C@H]1CC[C@H]([C@@H](C)[C@@H]2CC[C@H]3[C@@H]4CC=C5C[C@@H](O[C@H]6O[C@@H](CO)[C@H](O)[C@@H](O)[C@@H]6O)CC[C@]5(C)[C@@H]4CC[C@@]23C)NC1. The van der Waals surface area contributed by atoms with Crippen molar-refractivity contribution in [1.82, 2.24) is 5.32 Å². The summed E-state index contributed by atoms with van der Waals surface area (Å²) in [6, 6.07) is 0.684. The second-order valence-electron chi connectivity index (χ2n) is 15.2. The van der Waals surface area contributed by atoms with Crippen LogP contribution in [0.15, 0.2) is 11.6 Å². The summed E-state index contributed by atoms with van der Waals surface area (Å²) >= 11 is 0. The molecule has 0 amide bonds. The first-order valence-electron chi connectivity index (χ1n) is 16.5. The molecule has 40 heavy (non-hydrogen) atoms. The molecule has 0 spiro atoms. The normalized spacial score (nSPS) is 53.6. The molecule has 0 bridgehead atoms. The minimum atomic E-state index is -1.40. The number of ether oxygens (including phenoxy) is 2. The van der Waals surface area contributed by atoms with Gasteiger partial charge in [-0.2, -0.15) is 0 Å². The molecule has 2 aliphatic heterocycles. The molecule has 3 saturated carbocycles. The minimum absolute atomic E-state index is 0.103. The number of hydrogen-bond donors (Lipinski definition) is 5.